The van der Waals surface area contributed by atoms with E-state index in [2.05, 4.69) is 0 Å². The molecule has 46 valence electrons. The van der Waals surface area contributed by atoms with Crippen LogP contribution in [0.4, 0.5) is 0 Å². The van der Waals surface area contributed by atoms with Crippen LogP contribution >= 0.6 is 19.8 Å². The van der Waals surface area contributed by atoms with E-state index in [9.17, 15) is 4.57 Å². The minimum Gasteiger partial charge on any atom is -0.344 e. The van der Waals surface area contributed by atoms with Crippen molar-refractivity contribution >= 4 is 19.8 Å². The minimum absolute atomic E-state index is 0. The molecule has 0 spiro atoms. The van der Waals surface area contributed by atoms with Gasteiger partial charge in [0.2, 0.25) is 0 Å². The van der Waals surface area contributed by atoms with Crippen LogP contribution in [0, 0.1) is 0 Å². The fourth-order valence-corrected chi connectivity index (χ4v) is 0. The van der Waals surface area contributed by atoms with Crippen molar-refractivity contribution in [3.63, 3.8) is 0 Å². The third kappa shape index (κ3) is 10.7. The molecule has 0 radical (unpaired) electrons. The zero-order chi connectivity index (χ0) is 5.21. The third-order valence-corrected chi connectivity index (χ3v) is 1.76. The molecule has 0 amide bonds. The molecule has 0 rings (SSSR count). The second-order valence-corrected chi connectivity index (χ2v) is 4.10. The average molecular weight is 145 g/mol. The van der Waals surface area contributed by atoms with Crippen molar-refractivity contribution in [2.24, 2.45) is 0 Å². The molecule has 0 aromatic carbocycles. The van der Waals surface area contributed by atoms with Crippen molar-refractivity contribution in [1.82, 2.24) is 0 Å². The first-order valence-electron chi connectivity index (χ1n) is 1.85. The molecule has 0 aliphatic carbocycles. The molecule has 1 atom stereocenters. The van der Waals surface area contributed by atoms with E-state index in [1.807, 2.05) is 0 Å². The molecule has 0 heterocycles. The normalized spacial score (nSPS) is 17.0. The van der Waals surface area contributed by atoms with E-state index < -0.39 is 7.37 Å². The maximum atomic E-state index is 10.1. The van der Waals surface area contributed by atoms with E-state index in [4.69, 9.17) is 4.89 Å². The van der Waals surface area contributed by atoms with Gasteiger partial charge in [-0.15, -0.1) is 12.4 Å². The number of rotatable bonds is 1. The summed E-state index contributed by atoms with van der Waals surface area (Å²) in [6.07, 6.45) is 0.382. The quantitative estimate of drug-likeness (QED) is 0.564. The fourth-order valence-electron chi connectivity index (χ4n) is 0. The van der Waals surface area contributed by atoms with E-state index in [0.29, 0.717) is 6.16 Å². The molecule has 0 aromatic rings. The van der Waals surface area contributed by atoms with Gasteiger partial charge in [-0.3, -0.25) is 4.57 Å². The molecular formula is C3H10ClO2P. The lowest BCUT2D eigenvalue weighted by Gasteiger charge is -1.94. The van der Waals surface area contributed by atoms with E-state index in [-0.39, 0.29) is 12.4 Å². The van der Waals surface area contributed by atoms with Gasteiger partial charge in [-0.1, -0.05) is 6.92 Å². The van der Waals surface area contributed by atoms with E-state index in [1.165, 1.54) is 6.66 Å². The standard InChI is InChI=1S/C3H9O2P.ClH/c1-3-6(2,4)5;/h3H2,1-2H3,(H,4,5);1H. The molecule has 2 nitrogen and oxygen atoms in total. The number of hydrogen-bond donors (Lipinski definition) is 1. The van der Waals surface area contributed by atoms with Gasteiger partial charge in [0.05, 0.1) is 0 Å². The summed E-state index contributed by atoms with van der Waals surface area (Å²) in [7, 11) is -2.65. The highest BCUT2D eigenvalue weighted by molar-refractivity contribution is 7.57. The third-order valence-electron chi connectivity index (χ3n) is 0.587. The summed E-state index contributed by atoms with van der Waals surface area (Å²) in [6, 6.07) is 0. The van der Waals surface area contributed by atoms with Gasteiger partial charge in [0.15, 0.2) is 7.37 Å². The fraction of sp³-hybridized carbons (Fsp3) is 1.00. The number of halogens is 1. The van der Waals surface area contributed by atoms with Crippen LogP contribution in [0.5, 0.6) is 0 Å². The SMILES string of the molecule is CCP(C)(=O)O.Cl. The van der Waals surface area contributed by atoms with Gasteiger partial charge in [0.25, 0.3) is 0 Å². The maximum Gasteiger partial charge on any atom is 0.197 e. The van der Waals surface area contributed by atoms with Crippen molar-refractivity contribution in [2.75, 3.05) is 12.8 Å². The van der Waals surface area contributed by atoms with Crippen LogP contribution in [0.15, 0.2) is 0 Å². The van der Waals surface area contributed by atoms with Gasteiger partial charge in [0, 0.05) is 12.8 Å². The van der Waals surface area contributed by atoms with Crippen LogP contribution in [-0.2, 0) is 4.57 Å². The predicted octanol–water partition coefficient (Wildman–Crippen LogP) is 1.33. The molecule has 0 aliphatic heterocycles. The van der Waals surface area contributed by atoms with Gasteiger partial charge < -0.3 is 4.89 Å². The Morgan fingerprint density at radius 2 is 1.86 bits per heavy atom. The number of hydrogen-bond acceptors (Lipinski definition) is 1. The molecule has 0 fully saturated rings. The van der Waals surface area contributed by atoms with Gasteiger partial charge in [-0.25, -0.2) is 0 Å². The molecule has 1 unspecified atom stereocenters. The Labute approximate surface area is 49.8 Å². The van der Waals surface area contributed by atoms with E-state index >= 15 is 0 Å². The smallest absolute Gasteiger partial charge is 0.197 e. The van der Waals surface area contributed by atoms with Crippen molar-refractivity contribution in [3.8, 4) is 0 Å². The largest absolute Gasteiger partial charge is 0.344 e. The van der Waals surface area contributed by atoms with E-state index in [0.717, 1.165) is 0 Å². The Bertz CT molecular complexity index is 77.0. The maximum absolute atomic E-state index is 10.1. The lowest BCUT2D eigenvalue weighted by molar-refractivity contribution is 0.486. The van der Waals surface area contributed by atoms with Crippen molar-refractivity contribution < 1.29 is 9.46 Å². The molecular weight excluding hydrogens is 134 g/mol. The summed E-state index contributed by atoms with van der Waals surface area (Å²) < 4.78 is 10.1. The average Bonchev–Trinajstić information content (AvgIpc) is 1.35. The first-order chi connectivity index (χ1) is 2.56. The Morgan fingerprint density at radius 3 is 1.86 bits per heavy atom. The molecule has 0 saturated heterocycles. The predicted molar refractivity (Wildman–Crippen MR) is 33.5 cm³/mol. The topological polar surface area (TPSA) is 37.3 Å². The van der Waals surface area contributed by atoms with Crippen LogP contribution in [0.3, 0.4) is 0 Å². The summed E-state index contributed by atoms with van der Waals surface area (Å²) >= 11 is 0. The van der Waals surface area contributed by atoms with Gasteiger partial charge >= 0.3 is 0 Å². The van der Waals surface area contributed by atoms with Crippen LogP contribution in [0.2, 0.25) is 0 Å². The summed E-state index contributed by atoms with van der Waals surface area (Å²) in [5.74, 6) is 0. The Morgan fingerprint density at radius 1 is 1.71 bits per heavy atom. The zero-order valence-electron chi connectivity index (χ0n) is 4.42. The Hall–Kier alpha value is 0.480. The van der Waals surface area contributed by atoms with Crippen LogP contribution in [-0.4, -0.2) is 17.7 Å². The summed E-state index contributed by atoms with van der Waals surface area (Å²) in [4.78, 5) is 8.38. The van der Waals surface area contributed by atoms with Crippen molar-refractivity contribution in [2.45, 2.75) is 6.92 Å². The van der Waals surface area contributed by atoms with Gasteiger partial charge in [0.1, 0.15) is 0 Å². The monoisotopic (exact) mass is 144 g/mol. The molecule has 4 heteroatoms. The summed E-state index contributed by atoms with van der Waals surface area (Å²) in [6.45, 7) is 3.05. The highest BCUT2D eigenvalue weighted by Crippen LogP contribution is 2.33. The lowest BCUT2D eigenvalue weighted by Crippen LogP contribution is -1.75. The minimum atomic E-state index is -2.65. The molecule has 0 bridgehead atoms. The first-order valence-corrected chi connectivity index (χ1v) is 4.15. The highest BCUT2D eigenvalue weighted by atomic mass is 35.5. The zero-order valence-corrected chi connectivity index (χ0v) is 6.13. The summed E-state index contributed by atoms with van der Waals surface area (Å²) in [5.41, 5.74) is 0. The highest BCUT2D eigenvalue weighted by Gasteiger charge is 2.01. The van der Waals surface area contributed by atoms with Gasteiger partial charge in [-0.05, 0) is 0 Å². The first kappa shape index (κ1) is 10.5. The van der Waals surface area contributed by atoms with Gasteiger partial charge in [-0.2, -0.15) is 0 Å². The van der Waals surface area contributed by atoms with E-state index in [1.54, 1.807) is 6.92 Å². The molecule has 0 aliphatic rings. The Kier molecular flexibility index (Phi) is 5.20. The van der Waals surface area contributed by atoms with Crippen LogP contribution in [0.1, 0.15) is 6.92 Å². The lowest BCUT2D eigenvalue weighted by atomic mass is 11.0. The second-order valence-electron chi connectivity index (χ2n) is 1.37. The molecule has 0 saturated carbocycles. The van der Waals surface area contributed by atoms with Crippen LogP contribution < -0.4 is 0 Å². The van der Waals surface area contributed by atoms with Crippen molar-refractivity contribution in [3.05, 3.63) is 0 Å². The molecule has 7 heavy (non-hydrogen) atoms. The summed E-state index contributed by atoms with van der Waals surface area (Å²) in [5, 5.41) is 0. The van der Waals surface area contributed by atoms with Crippen molar-refractivity contribution in [1.29, 1.82) is 0 Å². The molecule has 0 aromatic heterocycles. The second kappa shape index (κ2) is 3.48. The van der Waals surface area contributed by atoms with Crippen LogP contribution in [0.25, 0.3) is 0 Å². The molecule has 1 N–H and O–H groups in total. The Balaban J connectivity index is 0.